The fraction of sp³-hybridized carbons (Fsp3) is 0.875. The number of rotatable bonds is 39. The molecule has 4 N–H and O–H groups in total. The molecule has 52 heavy (non-hydrogen) atoms. The Labute approximate surface area is 316 Å². The Hall–Kier alpha value is -1.78. The zero-order chi connectivity index (χ0) is 38.5. The number of esters is 2. The van der Waals surface area contributed by atoms with Crippen molar-refractivity contribution in [1.29, 1.82) is 0 Å². The fourth-order valence-electron chi connectivity index (χ4n) is 5.71. The summed E-state index contributed by atoms with van der Waals surface area (Å²) in [7, 11) is -4.71. The van der Waals surface area contributed by atoms with Crippen LogP contribution in [0.1, 0.15) is 194 Å². The van der Waals surface area contributed by atoms with Crippen LogP contribution in [0.15, 0.2) is 12.2 Å². The summed E-state index contributed by atoms with van der Waals surface area (Å²) in [5, 5.41) is 8.87. The minimum absolute atomic E-state index is 0.155. The van der Waals surface area contributed by atoms with Crippen molar-refractivity contribution in [2.75, 3.05) is 19.8 Å². The third-order valence-corrected chi connectivity index (χ3v) is 9.96. The number of phosphoric ester groups is 1. The molecule has 0 aliphatic heterocycles. The molecule has 12 heteroatoms. The number of hydrogen-bond acceptors (Lipinski definition) is 9. The van der Waals surface area contributed by atoms with Crippen LogP contribution in [-0.2, 0) is 37.5 Å². The van der Waals surface area contributed by atoms with Crippen LogP contribution in [0.25, 0.3) is 0 Å². The molecule has 0 spiro atoms. The number of unbranched alkanes of at least 4 members (excludes halogenated alkanes) is 23. The Balaban J connectivity index is 4.37. The molecule has 0 aromatic carbocycles. The van der Waals surface area contributed by atoms with E-state index < -0.39 is 51.1 Å². The molecule has 0 aromatic rings. The summed E-state index contributed by atoms with van der Waals surface area (Å²) < 4.78 is 32.6. The van der Waals surface area contributed by atoms with Crippen molar-refractivity contribution in [3.63, 3.8) is 0 Å². The van der Waals surface area contributed by atoms with Gasteiger partial charge in [-0.2, -0.15) is 0 Å². The Morgan fingerprint density at radius 2 is 0.962 bits per heavy atom. The molecule has 0 fully saturated rings. The van der Waals surface area contributed by atoms with Gasteiger partial charge in [-0.05, 0) is 38.5 Å². The number of carboxylic acid groups (broad SMARTS) is 1. The summed E-state index contributed by atoms with van der Waals surface area (Å²) in [6.45, 7) is 2.78. The van der Waals surface area contributed by atoms with E-state index in [0.717, 1.165) is 57.8 Å². The van der Waals surface area contributed by atoms with E-state index >= 15 is 0 Å². The number of carboxylic acids is 1. The SMILES string of the molecule is CCCCCCC=CCCCCCCCC(=O)OC(COC(=O)CCCCCCCCCCCCCCCCC)COP(=O)(O)OCC(N)C(=O)O. The average molecular weight is 762 g/mol. The molecule has 0 bridgehead atoms. The Morgan fingerprint density at radius 1 is 0.577 bits per heavy atom. The highest BCUT2D eigenvalue weighted by molar-refractivity contribution is 7.47. The second-order valence-electron chi connectivity index (χ2n) is 14.1. The smallest absolute Gasteiger partial charge is 0.472 e. The Kier molecular flexibility index (Phi) is 35.0. The van der Waals surface area contributed by atoms with Gasteiger partial charge in [0, 0.05) is 12.8 Å². The molecular weight excluding hydrogens is 685 g/mol. The summed E-state index contributed by atoms with van der Waals surface area (Å²) >= 11 is 0. The van der Waals surface area contributed by atoms with Gasteiger partial charge in [-0.15, -0.1) is 0 Å². The van der Waals surface area contributed by atoms with E-state index in [1.54, 1.807) is 0 Å². The van der Waals surface area contributed by atoms with E-state index in [2.05, 4.69) is 30.5 Å². The number of allylic oxidation sites excluding steroid dienone is 2. The second kappa shape index (κ2) is 36.2. The lowest BCUT2D eigenvalue weighted by Crippen LogP contribution is -2.34. The molecule has 3 atom stereocenters. The van der Waals surface area contributed by atoms with Crippen LogP contribution in [0, 0.1) is 0 Å². The van der Waals surface area contributed by atoms with Crippen LogP contribution in [0.4, 0.5) is 0 Å². The van der Waals surface area contributed by atoms with Gasteiger partial charge < -0.3 is 25.2 Å². The number of ether oxygens (including phenoxy) is 2. The molecule has 0 rings (SSSR count). The van der Waals surface area contributed by atoms with Gasteiger partial charge >= 0.3 is 25.7 Å². The second-order valence-corrected chi connectivity index (χ2v) is 15.6. The largest absolute Gasteiger partial charge is 0.480 e. The van der Waals surface area contributed by atoms with Gasteiger partial charge in [-0.1, -0.05) is 154 Å². The molecule has 306 valence electrons. The van der Waals surface area contributed by atoms with E-state index in [4.69, 9.17) is 24.8 Å². The summed E-state index contributed by atoms with van der Waals surface area (Å²) in [6, 6.07) is -1.52. The molecule has 0 amide bonds. The van der Waals surface area contributed by atoms with Gasteiger partial charge in [-0.3, -0.25) is 23.4 Å². The first kappa shape index (κ1) is 50.2. The van der Waals surface area contributed by atoms with Crippen molar-refractivity contribution < 1.29 is 47.5 Å². The van der Waals surface area contributed by atoms with Crippen LogP contribution in [-0.4, -0.2) is 59.9 Å². The monoisotopic (exact) mass is 762 g/mol. The van der Waals surface area contributed by atoms with Crippen molar-refractivity contribution in [3.05, 3.63) is 12.2 Å². The maximum Gasteiger partial charge on any atom is 0.472 e. The van der Waals surface area contributed by atoms with E-state index in [-0.39, 0.29) is 19.4 Å². The third-order valence-electron chi connectivity index (χ3n) is 9.01. The first-order chi connectivity index (χ1) is 25.1. The van der Waals surface area contributed by atoms with Gasteiger partial charge in [0.15, 0.2) is 6.10 Å². The van der Waals surface area contributed by atoms with Gasteiger partial charge in [0.25, 0.3) is 0 Å². The lowest BCUT2D eigenvalue weighted by Gasteiger charge is -2.20. The number of hydrogen-bond donors (Lipinski definition) is 3. The van der Waals surface area contributed by atoms with Crippen molar-refractivity contribution >= 4 is 25.7 Å². The van der Waals surface area contributed by atoms with Crippen LogP contribution in [0.5, 0.6) is 0 Å². The Morgan fingerprint density at radius 3 is 1.42 bits per heavy atom. The average Bonchev–Trinajstić information content (AvgIpc) is 3.12. The highest BCUT2D eigenvalue weighted by Crippen LogP contribution is 2.43. The van der Waals surface area contributed by atoms with Crippen molar-refractivity contribution in [1.82, 2.24) is 0 Å². The number of carbonyl (C=O) groups is 3. The van der Waals surface area contributed by atoms with Gasteiger partial charge in [0.1, 0.15) is 12.6 Å². The minimum Gasteiger partial charge on any atom is -0.480 e. The highest BCUT2D eigenvalue weighted by atomic mass is 31.2. The van der Waals surface area contributed by atoms with Crippen LogP contribution < -0.4 is 5.73 Å². The van der Waals surface area contributed by atoms with Crippen molar-refractivity contribution in [2.45, 2.75) is 206 Å². The first-order valence-electron chi connectivity index (χ1n) is 20.7. The third kappa shape index (κ3) is 35.3. The molecule has 0 heterocycles. The standard InChI is InChI=1S/C40H76NO10P/c1-3-5-7-9-11-13-15-17-18-20-21-23-25-27-29-31-38(42)48-33-36(34-49-52(46,47)50-35-37(41)40(44)45)51-39(43)32-30-28-26-24-22-19-16-14-12-10-8-6-4-2/h14,16,36-37H,3-13,15,17-35,41H2,1-2H3,(H,44,45)(H,46,47). The first-order valence-corrected chi connectivity index (χ1v) is 22.2. The van der Waals surface area contributed by atoms with Crippen LogP contribution >= 0.6 is 7.82 Å². The maximum absolute atomic E-state index is 12.6. The van der Waals surface area contributed by atoms with Crippen molar-refractivity contribution in [3.8, 4) is 0 Å². The van der Waals surface area contributed by atoms with E-state index in [0.29, 0.717) is 12.8 Å². The van der Waals surface area contributed by atoms with Gasteiger partial charge in [-0.25, -0.2) is 4.57 Å². The predicted molar refractivity (Wildman–Crippen MR) is 208 cm³/mol. The molecule has 0 saturated heterocycles. The summed E-state index contributed by atoms with van der Waals surface area (Å²) in [5.41, 5.74) is 5.32. The van der Waals surface area contributed by atoms with E-state index in [1.165, 1.54) is 96.3 Å². The topological polar surface area (TPSA) is 172 Å². The molecule has 11 nitrogen and oxygen atoms in total. The highest BCUT2D eigenvalue weighted by Gasteiger charge is 2.28. The number of carbonyl (C=O) groups excluding carboxylic acids is 2. The summed E-state index contributed by atoms with van der Waals surface area (Å²) in [5.74, 6) is -2.38. The zero-order valence-corrected chi connectivity index (χ0v) is 33.8. The molecule has 3 unspecified atom stereocenters. The molecular formula is C40H76NO10P. The molecule has 0 radical (unpaired) electrons. The Bertz CT molecular complexity index is 947. The lowest BCUT2D eigenvalue weighted by molar-refractivity contribution is -0.161. The number of phosphoric acid groups is 1. The fourth-order valence-corrected chi connectivity index (χ4v) is 6.48. The summed E-state index contributed by atoms with van der Waals surface area (Å²) in [4.78, 5) is 45.8. The van der Waals surface area contributed by atoms with E-state index in [1.807, 2.05) is 0 Å². The molecule has 0 aromatic heterocycles. The maximum atomic E-state index is 12.6. The van der Waals surface area contributed by atoms with Gasteiger partial charge in [0.05, 0.1) is 13.2 Å². The van der Waals surface area contributed by atoms with Gasteiger partial charge in [0.2, 0.25) is 0 Å². The predicted octanol–water partition coefficient (Wildman–Crippen LogP) is 10.5. The number of aliphatic carboxylic acids is 1. The number of nitrogens with two attached hydrogens (primary N) is 1. The quantitative estimate of drug-likeness (QED) is 0.0235. The van der Waals surface area contributed by atoms with Crippen LogP contribution in [0.2, 0.25) is 0 Å². The summed E-state index contributed by atoms with van der Waals surface area (Å²) in [6.07, 6.45) is 34.2. The normalized spacial score (nSPS) is 13.9. The van der Waals surface area contributed by atoms with Crippen molar-refractivity contribution in [2.24, 2.45) is 5.73 Å². The molecule has 0 aliphatic carbocycles. The van der Waals surface area contributed by atoms with E-state index in [9.17, 15) is 23.8 Å². The van der Waals surface area contributed by atoms with Crippen LogP contribution in [0.3, 0.4) is 0 Å². The minimum atomic E-state index is -4.71. The molecule has 0 saturated carbocycles. The lowest BCUT2D eigenvalue weighted by atomic mass is 10.0. The zero-order valence-electron chi connectivity index (χ0n) is 32.9. The molecule has 0 aliphatic rings.